The molecule has 0 radical (unpaired) electrons. The van der Waals surface area contributed by atoms with Crippen LogP contribution in [0.1, 0.15) is 0 Å². The monoisotopic (exact) mass is 328 g/mol. The van der Waals surface area contributed by atoms with Crippen molar-refractivity contribution in [1.82, 2.24) is 34.9 Å². The molecule has 4 rings (SSSR count). The number of nitrogens with zero attached hydrogens (tertiary/aromatic N) is 10. The Morgan fingerprint density at radius 1 is 0.840 bits per heavy atom. The lowest BCUT2D eigenvalue weighted by Crippen LogP contribution is -1.98. The van der Waals surface area contributed by atoms with E-state index < -0.39 is 0 Å². The van der Waals surface area contributed by atoms with Crippen molar-refractivity contribution in [2.45, 2.75) is 0 Å². The first-order valence-electron chi connectivity index (χ1n) is 7.13. The molecule has 0 N–H and O–H groups in total. The van der Waals surface area contributed by atoms with Gasteiger partial charge in [0.15, 0.2) is 17.3 Å². The molecule has 0 bridgehead atoms. The number of rotatable bonds is 3. The largest absolute Gasteiger partial charge is 0.255 e. The molecule has 25 heavy (non-hydrogen) atoms. The molecule has 0 aliphatic carbocycles. The quantitative estimate of drug-likeness (QED) is 0.320. The summed E-state index contributed by atoms with van der Waals surface area (Å²) in [5.41, 5.74) is 11.0. The van der Waals surface area contributed by atoms with Crippen LogP contribution in [0.5, 0.6) is 0 Å². The lowest BCUT2D eigenvalue weighted by atomic mass is 10.2. The van der Waals surface area contributed by atoms with Crippen LogP contribution >= 0.6 is 0 Å². The van der Waals surface area contributed by atoms with Crippen molar-refractivity contribution >= 4 is 17.0 Å². The van der Waals surface area contributed by atoms with Crippen molar-refractivity contribution in [1.29, 1.82) is 0 Å². The highest BCUT2D eigenvalue weighted by molar-refractivity contribution is 5.72. The third-order valence-electron chi connectivity index (χ3n) is 3.26. The Morgan fingerprint density at radius 2 is 1.76 bits per heavy atom. The molecule has 0 unspecified atom stereocenters. The van der Waals surface area contributed by atoms with E-state index in [1.807, 2.05) is 0 Å². The maximum atomic E-state index is 8.73. The van der Waals surface area contributed by atoms with Crippen LogP contribution in [-0.2, 0) is 0 Å². The first-order valence-corrected chi connectivity index (χ1v) is 7.13. The topological polar surface area (TPSA) is 139 Å². The zero-order chi connectivity index (χ0) is 17.1. The van der Waals surface area contributed by atoms with Gasteiger partial charge in [-0.05, 0) is 22.8 Å². The van der Waals surface area contributed by atoms with E-state index in [0.717, 1.165) is 0 Å². The summed E-state index contributed by atoms with van der Waals surface area (Å²) in [6, 6.07) is 5.33. The van der Waals surface area contributed by atoms with Crippen molar-refractivity contribution in [3.8, 4) is 22.9 Å². The van der Waals surface area contributed by atoms with Gasteiger partial charge in [-0.2, -0.15) is 0 Å². The Labute approximate surface area is 140 Å². The molecule has 10 heteroatoms. The minimum atomic E-state index is 0.130. The second-order valence-electron chi connectivity index (χ2n) is 4.79. The van der Waals surface area contributed by atoms with Crippen molar-refractivity contribution in [3.05, 3.63) is 59.6 Å². The summed E-state index contributed by atoms with van der Waals surface area (Å²) in [5, 5.41) is 3.57. The van der Waals surface area contributed by atoms with Crippen molar-refractivity contribution in [3.63, 3.8) is 0 Å². The fourth-order valence-electron chi connectivity index (χ4n) is 2.17. The average Bonchev–Trinajstić information content (AvgIpc) is 2.69. The molecule has 0 atom stereocenters. The minimum absolute atomic E-state index is 0.130. The highest BCUT2D eigenvalue weighted by Gasteiger charge is 2.13. The van der Waals surface area contributed by atoms with E-state index in [9.17, 15) is 0 Å². The summed E-state index contributed by atoms with van der Waals surface area (Å²) in [5.74, 6) is 0.468. The number of azide groups is 1. The lowest BCUT2D eigenvalue weighted by molar-refractivity contribution is 1.10. The zero-order valence-electron chi connectivity index (χ0n) is 12.6. The van der Waals surface area contributed by atoms with Gasteiger partial charge in [-0.25, -0.2) is 29.9 Å². The molecular weight excluding hydrogens is 320 g/mol. The summed E-state index contributed by atoms with van der Waals surface area (Å²) in [6.45, 7) is 0. The number of hydrogen-bond acceptors (Lipinski definition) is 8. The van der Waals surface area contributed by atoms with Crippen molar-refractivity contribution in [2.75, 3.05) is 0 Å². The third kappa shape index (κ3) is 2.80. The van der Waals surface area contributed by atoms with E-state index in [0.29, 0.717) is 34.1 Å². The Kier molecular flexibility index (Phi) is 3.62. The van der Waals surface area contributed by atoms with Crippen molar-refractivity contribution in [2.24, 2.45) is 5.11 Å². The van der Waals surface area contributed by atoms with Gasteiger partial charge in [0.05, 0.1) is 18.1 Å². The van der Waals surface area contributed by atoms with Gasteiger partial charge in [-0.3, -0.25) is 4.98 Å². The van der Waals surface area contributed by atoms with Gasteiger partial charge >= 0.3 is 0 Å². The lowest BCUT2D eigenvalue weighted by Gasteiger charge is -2.06. The zero-order valence-corrected chi connectivity index (χ0v) is 12.6. The summed E-state index contributed by atoms with van der Waals surface area (Å²) in [6.07, 6.45) is 7.74. The van der Waals surface area contributed by atoms with E-state index in [1.165, 1.54) is 6.20 Å². The molecule has 0 saturated carbocycles. The van der Waals surface area contributed by atoms with Crippen LogP contribution in [0.25, 0.3) is 44.5 Å². The molecule has 0 aromatic carbocycles. The number of hydrogen-bond donors (Lipinski definition) is 0. The summed E-state index contributed by atoms with van der Waals surface area (Å²) >= 11 is 0. The van der Waals surface area contributed by atoms with Gasteiger partial charge in [0.1, 0.15) is 16.9 Å². The number of aromatic nitrogens is 7. The van der Waals surface area contributed by atoms with Crippen LogP contribution in [0.3, 0.4) is 0 Å². The van der Waals surface area contributed by atoms with E-state index in [4.69, 9.17) is 5.53 Å². The molecule has 0 spiro atoms. The molecule has 0 fully saturated rings. The Balaban J connectivity index is 1.88. The molecule has 0 amide bonds. The number of pyridine rings is 1. The fraction of sp³-hybridized carbons (Fsp3) is 0. The van der Waals surface area contributed by atoms with E-state index in [1.54, 1.807) is 43.0 Å². The van der Waals surface area contributed by atoms with Gasteiger partial charge in [0.2, 0.25) is 0 Å². The highest BCUT2D eigenvalue weighted by Crippen LogP contribution is 2.27. The van der Waals surface area contributed by atoms with Crippen molar-refractivity contribution < 1.29 is 0 Å². The van der Waals surface area contributed by atoms with Gasteiger partial charge in [-0.1, -0.05) is 6.07 Å². The smallest absolute Gasteiger partial charge is 0.182 e. The van der Waals surface area contributed by atoms with E-state index in [-0.39, 0.29) is 5.82 Å². The van der Waals surface area contributed by atoms with Crippen LogP contribution in [-0.4, -0.2) is 34.9 Å². The van der Waals surface area contributed by atoms with Gasteiger partial charge in [-0.15, -0.1) is 0 Å². The first kappa shape index (κ1) is 14.5. The molecule has 10 nitrogen and oxygen atoms in total. The maximum Gasteiger partial charge on any atom is 0.182 e. The van der Waals surface area contributed by atoms with Crippen LogP contribution in [0.2, 0.25) is 0 Å². The van der Waals surface area contributed by atoms with E-state index >= 15 is 0 Å². The summed E-state index contributed by atoms with van der Waals surface area (Å²) in [4.78, 5) is 32.5. The first-order chi connectivity index (χ1) is 12.3. The minimum Gasteiger partial charge on any atom is -0.255 e. The Hall–Kier alpha value is -4.04. The second-order valence-corrected chi connectivity index (χ2v) is 4.79. The Morgan fingerprint density at radius 3 is 2.60 bits per heavy atom. The predicted molar refractivity (Wildman–Crippen MR) is 88.2 cm³/mol. The Bertz CT molecular complexity index is 1110. The molecule has 4 heterocycles. The normalized spacial score (nSPS) is 10.4. The van der Waals surface area contributed by atoms with Crippen LogP contribution in [0.15, 0.2) is 54.3 Å². The number of fused-ring (bicyclic) bond motifs is 1. The van der Waals surface area contributed by atoms with Crippen LogP contribution < -0.4 is 0 Å². The predicted octanol–water partition coefficient (Wildman–Crippen LogP) is 2.88. The van der Waals surface area contributed by atoms with E-state index in [2.05, 4.69) is 44.9 Å². The molecule has 4 aromatic rings. The highest BCUT2D eigenvalue weighted by atomic mass is 15.2. The molecule has 0 saturated heterocycles. The molecule has 0 aliphatic heterocycles. The average molecular weight is 328 g/mol. The summed E-state index contributed by atoms with van der Waals surface area (Å²) in [7, 11) is 0. The van der Waals surface area contributed by atoms with Gasteiger partial charge in [0.25, 0.3) is 0 Å². The van der Waals surface area contributed by atoms with Crippen LogP contribution in [0, 0.1) is 0 Å². The second kappa shape index (κ2) is 6.22. The molecular formula is C15H8N10. The van der Waals surface area contributed by atoms with Crippen LogP contribution in [0.4, 0.5) is 5.82 Å². The SMILES string of the molecule is [N-]=[N+]=Nc1ncc(-c2ncc3nccnc3n2)nc1-c1ccccn1. The fourth-order valence-corrected chi connectivity index (χ4v) is 2.17. The third-order valence-corrected chi connectivity index (χ3v) is 3.26. The maximum absolute atomic E-state index is 8.73. The summed E-state index contributed by atoms with van der Waals surface area (Å²) < 4.78 is 0. The molecule has 118 valence electrons. The van der Waals surface area contributed by atoms with Gasteiger partial charge in [0, 0.05) is 23.5 Å². The standard InChI is InChI=1S/C15H8N10/c16-25-24-15-12(9-3-1-2-4-17-9)22-11(8-21-15)14-20-7-10-13(23-14)19-6-5-18-10/h1-8H. The molecule has 0 aliphatic rings. The van der Waals surface area contributed by atoms with Gasteiger partial charge < -0.3 is 0 Å². The molecule has 4 aromatic heterocycles.